The molecule has 0 saturated heterocycles. The summed E-state index contributed by atoms with van der Waals surface area (Å²) in [4.78, 5) is 265. The topological polar surface area (TPSA) is 673 Å². The fourth-order valence-corrected chi connectivity index (χ4v) is 12.4. The average molecular weight is 1820 g/mol. The number of hydrogen-bond acceptors (Lipinski definition) is 27. The maximum absolute atomic E-state index is 14.1. The molecule has 47 heteroatoms. The molecule has 0 aliphatic carbocycles. The minimum absolute atomic E-state index is 0.0149. The van der Waals surface area contributed by atoms with E-state index in [1.54, 1.807) is 92.6 Å². The third-order valence-corrected chi connectivity index (χ3v) is 19.9. The van der Waals surface area contributed by atoms with E-state index in [-0.39, 0.29) is 61.4 Å². The number of aliphatic hydroxyl groups is 2. The molecule has 0 bridgehead atoms. The van der Waals surface area contributed by atoms with Gasteiger partial charge in [0.05, 0.1) is 44.3 Å². The highest BCUT2D eigenvalue weighted by atomic mass is 32.1. The zero-order valence-electron chi connectivity index (χ0n) is 71.0. The molecule has 24 N–H and O–H groups in total. The van der Waals surface area contributed by atoms with Crippen LogP contribution in [0.2, 0.25) is 0 Å². The van der Waals surface area contributed by atoms with Crippen molar-refractivity contribution in [1.29, 1.82) is 0 Å². The van der Waals surface area contributed by atoms with Gasteiger partial charge in [-0.05, 0) is 88.0 Å². The lowest BCUT2D eigenvalue weighted by Gasteiger charge is -2.30. The maximum atomic E-state index is 14.1. The number of rotatable bonds is 57. The van der Waals surface area contributed by atoms with Gasteiger partial charge in [-0.25, -0.2) is 4.79 Å². The number of nitrogens with two attached hydrogens (primary N) is 1. The second kappa shape index (κ2) is 56.6. The van der Waals surface area contributed by atoms with Crippen LogP contribution >= 0.6 is 50.5 Å². The summed E-state index contributed by atoms with van der Waals surface area (Å²) in [5.41, 5.74) is 6.88. The van der Waals surface area contributed by atoms with Crippen LogP contribution in [0, 0.1) is 29.6 Å². The summed E-state index contributed by atoms with van der Waals surface area (Å²) in [5.74, 6) is -24.6. The SMILES string of the molecule is CC[C@H](C)[C@H](NC(=O)[C@@H](NC(=O)[C@H](CS)NC(=O)CNC(=O)[C@H](CC(C)C)NC(=O)[C@H](C)NC(=O)[C@@H](NC(=O)[C@H](CC(C)C)NC(=O)[C@H](CS)NC(=O)CNC(=O)CNC(=O)[C@H](CCC(=O)O)NC(=O)[C@H](CC(C)C)NC(=O)[C@H](CS)NC(=O)[C@@H](N)Cc1ccccc1)C(C)C)[C@@H](C)O)C(=O)N[C@@H](CS)C(=O)N[C@H](C(=O)N[C@@H](CC(=O)O)C(=O)O)[C@@H](C)O. The number of aliphatic hydroxyl groups excluding tert-OH is 2. The Morgan fingerprint density at radius 2 is 0.683 bits per heavy atom. The molecule has 0 heterocycles. The van der Waals surface area contributed by atoms with Gasteiger partial charge in [-0.3, -0.25) is 91.1 Å². The maximum Gasteiger partial charge on any atom is 0.326 e. The van der Waals surface area contributed by atoms with Gasteiger partial charge in [0.2, 0.25) is 100 Å². The highest BCUT2D eigenvalue weighted by Crippen LogP contribution is 2.15. The lowest BCUT2D eigenvalue weighted by molar-refractivity contribution is -0.148. The van der Waals surface area contributed by atoms with Gasteiger partial charge in [0.25, 0.3) is 0 Å². The molecule has 1 rings (SSSR count). The standard InChI is InChI=1S/C76H124N18O25S4/c1-14-38(10)59(73(115)90-52(33-123)71(113)93-60(40(12)95)74(116)88-48(76(118)119)26-57(102)103)92-75(117)61(41(13)96)94-70(112)50(31-121)83-55(99)29-80-65(107)45(22-34(2)3)85-62(104)39(11)81-72(114)58(37(8)9)91-67(109)47(24-36(6)7)87-68(110)49(30-120)82-54(98)28-78-53(97)27-79-64(106)44(20-21-56(100)101)84-66(108)46(23-35(4)5)86-69(111)51(32-122)89-63(105)43(77)25-42-18-16-15-17-19-42/h15-19,34-41,43-52,58-61,95-96,120-123H,14,20-33,77H2,1-13H3,(H,78,97)(H,79,106)(H,80,107)(H,81,114)(H,82,98)(H,83,99)(H,84,108)(H,85,104)(H,86,111)(H,87,110)(H,88,116)(H,89,105)(H,90,115)(H,91,109)(H,92,117)(H,93,113)(H,94,112)(H,100,101)(H,102,103)(H,118,119)/t38-,39-,40+,41+,43-,44-,45-,46-,47-,48-,49-,50-,51-,52-,58-,59-,60-,61-/m0/s1. The van der Waals surface area contributed by atoms with Gasteiger partial charge in [0, 0.05) is 29.4 Å². The lowest BCUT2D eigenvalue weighted by atomic mass is 9.97. The molecule has 0 aliphatic heterocycles. The van der Waals surface area contributed by atoms with E-state index < -0.39 is 283 Å². The molecule has 0 radical (unpaired) electrons. The van der Waals surface area contributed by atoms with Crippen LogP contribution in [0.25, 0.3) is 0 Å². The van der Waals surface area contributed by atoms with Crippen LogP contribution in [0.3, 0.4) is 0 Å². The molecule has 123 heavy (non-hydrogen) atoms. The Bertz CT molecular complexity index is 3790. The van der Waals surface area contributed by atoms with Crippen LogP contribution in [-0.2, 0) is 102 Å². The fourth-order valence-electron chi connectivity index (χ4n) is 11.4. The van der Waals surface area contributed by atoms with Crippen LogP contribution < -0.4 is 96.1 Å². The summed E-state index contributed by atoms with van der Waals surface area (Å²) in [6.45, 7) is 17.7. The van der Waals surface area contributed by atoms with Crippen LogP contribution in [0.15, 0.2) is 30.3 Å². The molecular formula is C76H124N18O25S4. The quantitative estimate of drug-likeness (QED) is 0.0270. The van der Waals surface area contributed by atoms with Crippen molar-refractivity contribution >= 4 is 169 Å². The first-order chi connectivity index (χ1) is 57.4. The second-order valence-electron chi connectivity index (χ2n) is 31.0. The molecule has 1 aromatic carbocycles. The van der Waals surface area contributed by atoms with Crippen LogP contribution in [0.5, 0.6) is 0 Å². The number of benzene rings is 1. The van der Waals surface area contributed by atoms with Crippen molar-refractivity contribution in [1.82, 2.24) is 90.4 Å². The molecule has 17 amide bonds. The number of amides is 17. The van der Waals surface area contributed by atoms with E-state index in [0.717, 1.165) is 19.4 Å². The average Bonchev–Trinajstić information content (AvgIpc) is 0.850. The molecular weight excluding hydrogens is 1690 g/mol. The molecule has 0 unspecified atom stereocenters. The van der Waals surface area contributed by atoms with E-state index in [1.807, 2.05) is 5.32 Å². The molecule has 0 saturated carbocycles. The molecule has 0 aliphatic rings. The smallest absolute Gasteiger partial charge is 0.326 e. The molecule has 0 fully saturated rings. The number of hydrogen-bond donors (Lipinski definition) is 27. The molecule has 0 aromatic heterocycles. The van der Waals surface area contributed by atoms with Crippen LogP contribution in [0.4, 0.5) is 0 Å². The number of carbonyl (C=O) groups excluding carboxylic acids is 17. The van der Waals surface area contributed by atoms with Crippen molar-refractivity contribution in [2.24, 2.45) is 35.3 Å². The monoisotopic (exact) mass is 1820 g/mol. The second-order valence-corrected chi connectivity index (χ2v) is 32.4. The van der Waals surface area contributed by atoms with Gasteiger partial charge in [-0.1, -0.05) is 106 Å². The van der Waals surface area contributed by atoms with Gasteiger partial charge >= 0.3 is 17.9 Å². The highest BCUT2D eigenvalue weighted by Gasteiger charge is 2.40. The van der Waals surface area contributed by atoms with Gasteiger partial charge < -0.3 is 122 Å². The Kier molecular flexibility index (Phi) is 51.1. The van der Waals surface area contributed by atoms with Crippen molar-refractivity contribution in [2.75, 3.05) is 42.6 Å². The summed E-state index contributed by atoms with van der Waals surface area (Å²) < 4.78 is 0. The third kappa shape index (κ3) is 41.8. The first kappa shape index (κ1) is 111. The lowest BCUT2D eigenvalue weighted by Crippen LogP contribution is -2.63. The predicted octanol–water partition coefficient (Wildman–Crippen LogP) is -6.54. The van der Waals surface area contributed by atoms with Crippen molar-refractivity contribution in [3.63, 3.8) is 0 Å². The van der Waals surface area contributed by atoms with Crippen LogP contribution in [-0.4, -0.2) is 289 Å². The zero-order chi connectivity index (χ0) is 94.0. The van der Waals surface area contributed by atoms with Crippen molar-refractivity contribution < 1.29 is 121 Å². The first-order valence-electron chi connectivity index (χ1n) is 39.8. The van der Waals surface area contributed by atoms with Crippen molar-refractivity contribution in [2.45, 2.75) is 244 Å². The molecule has 18 atom stereocenters. The summed E-state index contributed by atoms with van der Waals surface area (Å²) >= 11 is 16.7. The zero-order valence-corrected chi connectivity index (χ0v) is 74.5. The fraction of sp³-hybridized carbons (Fsp3) is 0.658. The number of nitrogens with one attached hydrogen (secondary N) is 17. The summed E-state index contributed by atoms with van der Waals surface area (Å²) in [6, 6.07) is -13.5. The Labute approximate surface area is 734 Å². The normalized spacial score (nSPS) is 15.6. The first-order valence-corrected chi connectivity index (χ1v) is 42.3. The van der Waals surface area contributed by atoms with Crippen molar-refractivity contribution in [3.05, 3.63) is 35.9 Å². The largest absolute Gasteiger partial charge is 0.481 e. The number of carboxylic acid groups (broad SMARTS) is 3. The Balaban J connectivity index is 3.09. The number of carbonyl (C=O) groups is 20. The Hall–Kier alpha value is -10.1. The number of aliphatic carboxylic acids is 3. The number of carboxylic acids is 3. The van der Waals surface area contributed by atoms with E-state index in [2.05, 4.69) is 136 Å². The summed E-state index contributed by atoms with van der Waals surface area (Å²) in [7, 11) is 0. The molecule has 692 valence electrons. The Morgan fingerprint density at radius 1 is 0.350 bits per heavy atom. The van der Waals surface area contributed by atoms with Gasteiger partial charge in [-0.15, -0.1) is 0 Å². The van der Waals surface area contributed by atoms with E-state index in [9.17, 15) is 116 Å². The van der Waals surface area contributed by atoms with Gasteiger partial charge in [0.1, 0.15) is 84.6 Å². The number of thiol groups is 4. The predicted molar refractivity (Wildman–Crippen MR) is 458 cm³/mol. The van der Waals surface area contributed by atoms with Gasteiger partial charge in [-0.2, -0.15) is 50.5 Å². The minimum Gasteiger partial charge on any atom is -0.481 e. The van der Waals surface area contributed by atoms with E-state index in [1.165, 1.54) is 13.8 Å². The molecule has 0 spiro atoms. The van der Waals surface area contributed by atoms with Gasteiger partial charge in [0.15, 0.2) is 0 Å². The summed E-state index contributed by atoms with van der Waals surface area (Å²) in [6.07, 6.45) is -5.18. The third-order valence-electron chi connectivity index (χ3n) is 18.4. The molecule has 43 nitrogen and oxygen atoms in total. The van der Waals surface area contributed by atoms with Crippen LogP contribution in [0.1, 0.15) is 141 Å². The highest BCUT2D eigenvalue weighted by molar-refractivity contribution is 7.80. The minimum atomic E-state index is -1.96. The molecule has 1 aromatic rings. The van der Waals surface area contributed by atoms with Crippen molar-refractivity contribution in [3.8, 4) is 0 Å². The van der Waals surface area contributed by atoms with E-state index in [4.69, 9.17) is 10.8 Å². The van der Waals surface area contributed by atoms with E-state index >= 15 is 0 Å². The Morgan fingerprint density at radius 3 is 1.10 bits per heavy atom. The summed E-state index contributed by atoms with van der Waals surface area (Å²) in [5, 5.41) is 89.5. The van der Waals surface area contributed by atoms with E-state index in [0.29, 0.717) is 0 Å².